The highest BCUT2D eigenvalue weighted by Gasteiger charge is 2.31. The number of nitrogens with zero attached hydrogens (tertiary/aromatic N) is 2. The molecule has 3 nitrogen and oxygen atoms in total. The first-order valence-electron chi connectivity index (χ1n) is 7.41. The van der Waals surface area contributed by atoms with Gasteiger partial charge in [-0.05, 0) is 31.0 Å². The normalized spacial score (nSPS) is 18.5. The number of para-hydroxylation sites is 1. The van der Waals surface area contributed by atoms with Crippen molar-refractivity contribution in [2.45, 2.75) is 25.6 Å². The van der Waals surface area contributed by atoms with Crippen molar-refractivity contribution in [3.63, 3.8) is 0 Å². The SMILES string of the molecule is CCc1ccccc1-n1ccc([C@@H]2SCC(=O)N2CC)c1. The van der Waals surface area contributed by atoms with Gasteiger partial charge in [-0.2, -0.15) is 0 Å². The molecule has 2 aromatic rings. The molecular weight excluding hydrogens is 280 g/mol. The lowest BCUT2D eigenvalue weighted by Crippen LogP contribution is -2.27. The lowest BCUT2D eigenvalue weighted by Gasteiger charge is -2.21. The Bertz CT molecular complexity index is 650. The zero-order chi connectivity index (χ0) is 14.8. The van der Waals surface area contributed by atoms with Gasteiger partial charge in [-0.15, -0.1) is 11.8 Å². The van der Waals surface area contributed by atoms with Crippen molar-refractivity contribution in [2.75, 3.05) is 12.3 Å². The molecule has 0 radical (unpaired) electrons. The Morgan fingerprint density at radius 2 is 2.05 bits per heavy atom. The maximum absolute atomic E-state index is 11.9. The van der Waals surface area contributed by atoms with Crippen LogP contribution in [-0.2, 0) is 11.2 Å². The molecule has 1 aliphatic heterocycles. The molecule has 0 saturated carbocycles. The third-order valence-electron chi connectivity index (χ3n) is 3.96. The fraction of sp³-hybridized carbons (Fsp3) is 0.353. The standard InChI is InChI=1S/C17H20N2OS/c1-3-13-7-5-6-8-15(13)18-10-9-14(11-18)17-19(4-2)16(20)12-21-17/h5-11,17H,3-4,12H2,1-2H3/t17-/m0/s1. The number of amides is 1. The second-order valence-corrected chi connectivity index (χ2v) is 6.25. The molecule has 21 heavy (non-hydrogen) atoms. The van der Waals surface area contributed by atoms with Crippen LogP contribution in [0.15, 0.2) is 42.7 Å². The van der Waals surface area contributed by atoms with E-state index in [1.165, 1.54) is 16.8 Å². The summed E-state index contributed by atoms with van der Waals surface area (Å²) in [5.74, 6) is 0.837. The lowest BCUT2D eigenvalue weighted by molar-refractivity contribution is -0.127. The molecule has 0 bridgehead atoms. The molecule has 4 heteroatoms. The molecular formula is C17H20N2OS. The van der Waals surface area contributed by atoms with Crippen LogP contribution < -0.4 is 0 Å². The zero-order valence-corrected chi connectivity index (χ0v) is 13.3. The molecule has 0 aliphatic carbocycles. The largest absolute Gasteiger partial charge is 0.326 e. The van der Waals surface area contributed by atoms with E-state index in [2.05, 4.69) is 54.2 Å². The Labute approximate surface area is 130 Å². The van der Waals surface area contributed by atoms with Crippen LogP contribution in [-0.4, -0.2) is 27.7 Å². The summed E-state index contributed by atoms with van der Waals surface area (Å²) in [4.78, 5) is 13.8. The number of hydrogen-bond donors (Lipinski definition) is 0. The second kappa shape index (κ2) is 5.98. The minimum atomic E-state index is 0.164. The molecule has 0 spiro atoms. The van der Waals surface area contributed by atoms with Gasteiger partial charge in [0, 0.05) is 30.2 Å². The minimum absolute atomic E-state index is 0.164. The Morgan fingerprint density at radius 3 is 2.81 bits per heavy atom. The predicted molar refractivity (Wildman–Crippen MR) is 87.7 cm³/mol. The lowest BCUT2D eigenvalue weighted by atomic mass is 10.1. The van der Waals surface area contributed by atoms with Crippen LogP contribution in [0.3, 0.4) is 0 Å². The van der Waals surface area contributed by atoms with Gasteiger partial charge in [0.25, 0.3) is 0 Å². The number of thioether (sulfide) groups is 1. The summed E-state index contributed by atoms with van der Waals surface area (Å²) in [7, 11) is 0. The molecule has 1 atom stereocenters. The number of hydrogen-bond acceptors (Lipinski definition) is 2. The van der Waals surface area contributed by atoms with Crippen molar-refractivity contribution in [3.05, 3.63) is 53.9 Å². The third kappa shape index (κ3) is 2.60. The molecule has 3 rings (SSSR count). The Balaban J connectivity index is 1.92. The molecule has 1 fully saturated rings. The van der Waals surface area contributed by atoms with Crippen LogP contribution in [0, 0.1) is 0 Å². The summed E-state index contributed by atoms with van der Waals surface area (Å²) in [5, 5.41) is 0.164. The van der Waals surface area contributed by atoms with Crippen molar-refractivity contribution >= 4 is 17.7 Å². The van der Waals surface area contributed by atoms with Crippen molar-refractivity contribution in [1.29, 1.82) is 0 Å². The van der Waals surface area contributed by atoms with Gasteiger partial charge in [-0.3, -0.25) is 4.79 Å². The molecule has 1 aromatic heterocycles. The highest BCUT2D eigenvalue weighted by Crippen LogP contribution is 2.38. The monoisotopic (exact) mass is 300 g/mol. The van der Waals surface area contributed by atoms with E-state index in [-0.39, 0.29) is 11.3 Å². The first-order valence-corrected chi connectivity index (χ1v) is 8.46. The summed E-state index contributed by atoms with van der Waals surface area (Å²) < 4.78 is 2.17. The van der Waals surface area contributed by atoms with Gasteiger partial charge in [0.05, 0.1) is 5.75 Å². The smallest absolute Gasteiger partial charge is 0.233 e. The first kappa shape index (κ1) is 14.3. The van der Waals surface area contributed by atoms with E-state index in [0.29, 0.717) is 5.75 Å². The van der Waals surface area contributed by atoms with Crippen molar-refractivity contribution in [2.24, 2.45) is 0 Å². The fourth-order valence-corrected chi connectivity index (χ4v) is 4.09. The van der Waals surface area contributed by atoms with Gasteiger partial charge < -0.3 is 9.47 Å². The Hall–Kier alpha value is -1.68. The van der Waals surface area contributed by atoms with Gasteiger partial charge in [-0.1, -0.05) is 25.1 Å². The van der Waals surface area contributed by atoms with E-state index in [0.717, 1.165) is 13.0 Å². The average Bonchev–Trinajstić information content (AvgIpc) is 3.13. The van der Waals surface area contributed by atoms with Crippen LogP contribution in [0.25, 0.3) is 5.69 Å². The molecule has 1 amide bonds. The fourth-order valence-electron chi connectivity index (χ4n) is 2.84. The number of aryl methyl sites for hydroxylation is 1. The van der Waals surface area contributed by atoms with E-state index in [9.17, 15) is 4.79 Å². The first-order chi connectivity index (χ1) is 10.2. The summed E-state index contributed by atoms with van der Waals surface area (Å²) in [6.07, 6.45) is 5.27. The number of benzene rings is 1. The van der Waals surface area contributed by atoms with E-state index < -0.39 is 0 Å². The van der Waals surface area contributed by atoms with Crippen LogP contribution in [0.5, 0.6) is 0 Å². The minimum Gasteiger partial charge on any atom is -0.326 e. The van der Waals surface area contributed by atoms with Crippen molar-refractivity contribution < 1.29 is 4.79 Å². The van der Waals surface area contributed by atoms with Crippen LogP contribution >= 0.6 is 11.8 Å². The molecule has 0 unspecified atom stereocenters. The molecule has 2 heterocycles. The predicted octanol–water partition coefficient (Wildman–Crippen LogP) is 3.63. The molecule has 1 aromatic carbocycles. The maximum atomic E-state index is 11.9. The van der Waals surface area contributed by atoms with Gasteiger partial charge in [0.15, 0.2) is 0 Å². The zero-order valence-electron chi connectivity index (χ0n) is 12.5. The maximum Gasteiger partial charge on any atom is 0.233 e. The van der Waals surface area contributed by atoms with E-state index in [1.807, 2.05) is 11.8 Å². The van der Waals surface area contributed by atoms with Gasteiger partial charge in [-0.25, -0.2) is 0 Å². The Kier molecular flexibility index (Phi) is 4.06. The number of carbonyl (C=O) groups is 1. The van der Waals surface area contributed by atoms with E-state index >= 15 is 0 Å². The van der Waals surface area contributed by atoms with Crippen LogP contribution in [0.1, 0.15) is 30.3 Å². The topological polar surface area (TPSA) is 25.2 Å². The van der Waals surface area contributed by atoms with E-state index in [4.69, 9.17) is 0 Å². The number of aromatic nitrogens is 1. The highest BCUT2D eigenvalue weighted by atomic mass is 32.2. The van der Waals surface area contributed by atoms with Gasteiger partial charge in [0.2, 0.25) is 5.91 Å². The third-order valence-corrected chi connectivity index (χ3v) is 5.22. The average molecular weight is 300 g/mol. The number of carbonyl (C=O) groups excluding carboxylic acids is 1. The Morgan fingerprint density at radius 1 is 1.24 bits per heavy atom. The summed E-state index contributed by atoms with van der Waals surface area (Å²) >= 11 is 1.72. The number of rotatable bonds is 4. The van der Waals surface area contributed by atoms with Gasteiger partial charge in [0.1, 0.15) is 5.37 Å². The molecule has 0 N–H and O–H groups in total. The molecule has 110 valence electrons. The highest BCUT2D eigenvalue weighted by molar-refractivity contribution is 8.00. The van der Waals surface area contributed by atoms with Crippen molar-refractivity contribution in [1.82, 2.24) is 9.47 Å². The quantitative estimate of drug-likeness (QED) is 0.861. The summed E-state index contributed by atoms with van der Waals surface area (Å²) in [5.41, 5.74) is 3.77. The van der Waals surface area contributed by atoms with Crippen LogP contribution in [0.4, 0.5) is 0 Å². The van der Waals surface area contributed by atoms with E-state index in [1.54, 1.807) is 11.8 Å². The van der Waals surface area contributed by atoms with Crippen LogP contribution in [0.2, 0.25) is 0 Å². The molecule has 1 aliphatic rings. The van der Waals surface area contributed by atoms with Gasteiger partial charge >= 0.3 is 0 Å². The van der Waals surface area contributed by atoms with Crippen molar-refractivity contribution in [3.8, 4) is 5.69 Å². The summed E-state index contributed by atoms with van der Waals surface area (Å²) in [6.45, 7) is 4.99. The molecule has 1 saturated heterocycles. The second-order valence-electron chi connectivity index (χ2n) is 5.18. The summed E-state index contributed by atoms with van der Waals surface area (Å²) in [6, 6.07) is 10.6.